The molecule has 1 unspecified atom stereocenters. The van der Waals surface area contributed by atoms with Crippen molar-refractivity contribution in [3.05, 3.63) is 34.0 Å². The summed E-state index contributed by atoms with van der Waals surface area (Å²) in [7, 11) is -4.78. The highest BCUT2D eigenvalue weighted by Crippen LogP contribution is 2.51. The maximum atomic E-state index is 10.8. The summed E-state index contributed by atoms with van der Waals surface area (Å²) in [6.07, 6.45) is 0.383. The van der Waals surface area contributed by atoms with E-state index in [1.807, 2.05) is 19.6 Å². The van der Waals surface area contributed by atoms with Gasteiger partial charge < -0.3 is 13.9 Å². The van der Waals surface area contributed by atoms with Crippen LogP contribution in [0.1, 0.15) is 17.0 Å². The minimum absolute atomic E-state index is 0.112. The van der Waals surface area contributed by atoms with Crippen molar-refractivity contribution in [1.82, 2.24) is 4.72 Å². The Hall–Kier alpha value is -0.713. The standard InChI is InChI=1S/C16H20BrCl2NO5SSi/c1-27(2,3)25-16-13(21)15(12-10(18)5-4-6-11(12)19)24-14(16)9(17)7-8-20-26(22)23/h4-6,9,21,26H,7-8H2,1-3H3,(H,20,22,23). The molecule has 2 rings (SSSR count). The molecule has 0 aliphatic carbocycles. The molecule has 0 radical (unpaired) electrons. The maximum absolute atomic E-state index is 10.8. The van der Waals surface area contributed by atoms with E-state index in [-0.39, 0.29) is 23.8 Å². The van der Waals surface area contributed by atoms with E-state index in [1.165, 1.54) is 0 Å². The van der Waals surface area contributed by atoms with Crippen LogP contribution in [0.5, 0.6) is 11.5 Å². The van der Waals surface area contributed by atoms with E-state index in [1.54, 1.807) is 18.2 Å². The zero-order chi connectivity index (χ0) is 20.4. The molecule has 0 aliphatic rings. The first-order valence-electron chi connectivity index (χ1n) is 8.02. The Kier molecular flexibility index (Phi) is 7.68. The number of furan rings is 1. The molecule has 0 fully saturated rings. The fraction of sp³-hybridized carbons (Fsp3) is 0.375. The summed E-state index contributed by atoms with van der Waals surface area (Å²) in [4.78, 5) is -0.396. The predicted molar refractivity (Wildman–Crippen MR) is 114 cm³/mol. The molecule has 2 N–H and O–H groups in total. The van der Waals surface area contributed by atoms with Crippen LogP contribution in [0.15, 0.2) is 22.6 Å². The quantitative estimate of drug-likeness (QED) is 0.257. The van der Waals surface area contributed by atoms with E-state index >= 15 is 0 Å². The largest absolute Gasteiger partial charge is 0.539 e. The van der Waals surface area contributed by atoms with Gasteiger partial charge in [0.05, 0.1) is 20.4 Å². The van der Waals surface area contributed by atoms with Crippen molar-refractivity contribution < 1.29 is 22.4 Å². The molecule has 0 saturated carbocycles. The lowest BCUT2D eigenvalue weighted by Gasteiger charge is -2.20. The highest BCUT2D eigenvalue weighted by Gasteiger charge is 2.32. The Bertz CT molecular complexity index is 869. The number of thiol groups is 1. The summed E-state index contributed by atoms with van der Waals surface area (Å²) in [5.74, 6) is 0.494. The summed E-state index contributed by atoms with van der Waals surface area (Å²) in [6.45, 7) is 6.11. The SMILES string of the molecule is C[Si](C)(C)Oc1c(C(Br)CCN[SH](=O)=O)oc(-c2c(Cl)cccc2Cl)c1O. The third kappa shape index (κ3) is 5.88. The Morgan fingerprint density at radius 2 is 1.89 bits per heavy atom. The Morgan fingerprint density at radius 1 is 1.30 bits per heavy atom. The van der Waals surface area contributed by atoms with E-state index < -0.39 is 24.0 Å². The van der Waals surface area contributed by atoms with Gasteiger partial charge in [-0.05, 0) is 38.2 Å². The average Bonchev–Trinajstić information content (AvgIpc) is 2.82. The third-order valence-electron chi connectivity index (χ3n) is 3.39. The van der Waals surface area contributed by atoms with Crippen LogP contribution in [-0.2, 0) is 10.9 Å². The molecule has 1 atom stereocenters. The molecule has 0 bridgehead atoms. The van der Waals surface area contributed by atoms with Crippen molar-refractivity contribution >= 4 is 58.3 Å². The number of aromatic hydroxyl groups is 1. The van der Waals surface area contributed by atoms with Gasteiger partial charge in [0.25, 0.3) is 0 Å². The normalized spacial score (nSPS) is 13.1. The van der Waals surface area contributed by atoms with Crippen molar-refractivity contribution in [2.75, 3.05) is 6.54 Å². The zero-order valence-corrected chi connectivity index (χ0v) is 19.9. The Balaban J connectivity index is 2.51. The third-order valence-corrected chi connectivity index (χ3v) is 6.19. The van der Waals surface area contributed by atoms with Crippen LogP contribution in [0, 0.1) is 0 Å². The van der Waals surface area contributed by atoms with E-state index in [0.29, 0.717) is 27.8 Å². The second-order valence-corrected chi connectivity index (χ2v) is 13.9. The summed E-state index contributed by atoms with van der Waals surface area (Å²) < 4.78 is 35.7. The van der Waals surface area contributed by atoms with Crippen molar-refractivity contribution in [2.45, 2.75) is 30.9 Å². The molecule has 0 aliphatic heterocycles. The predicted octanol–water partition coefficient (Wildman–Crippen LogP) is 5.11. The van der Waals surface area contributed by atoms with Gasteiger partial charge in [-0.1, -0.05) is 45.2 Å². The number of nitrogens with one attached hydrogen (secondary N) is 1. The lowest BCUT2D eigenvalue weighted by molar-refractivity contribution is 0.438. The first-order chi connectivity index (χ1) is 12.5. The van der Waals surface area contributed by atoms with Gasteiger partial charge in [0.15, 0.2) is 17.3 Å². The molecule has 11 heteroatoms. The van der Waals surface area contributed by atoms with Gasteiger partial charge in [0, 0.05) is 6.54 Å². The molecular formula is C16H20BrCl2NO5SSi. The Labute approximate surface area is 179 Å². The summed E-state index contributed by atoms with van der Waals surface area (Å²) >= 11 is 16.0. The fourth-order valence-electron chi connectivity index (χ4n) is 2.33. The lowest BCUT2D eigenvalue weighted by atomic mass is 10.1. The number of halogens is 3. The maximum Gasteiger partial charge on any atom is 0.242 e. The van der Waals surface area contributed by atoms with Crippen LogP contribution in [0.3, 0.4) is 0 Å². The molecule has 2 aromatic rings. The molecule has 150 valence electrons. The molecule has 6 nitrogen and oxygen atoms in total. The van der Waals surface area contributed by atoms with Crippen LogP contribution in [0.4, 0.5) is 0 Å². The Morgan fingerprint density at radius 3 is 2.41 bits per heavy atom. The molecule has 0 amide bonds. The van der Waals surface area contributed by atoms with Crippen molar-refractivity contribution in [1.29, 1.82) is 0 Å². The van der Waals surface area contributed by atoms with E-state index in [0.717, 1.165) is 0 Å². The van der Waals surface area contributed by atoms with Gasteiger partial charge >= 0.3 is 0 Å². The molecule has 1 aromatic carbocycles. The van der Waals surface area contributed by atoms with Crippen LogP contribution in [0.2, 0.25) is 29.7 Å². The van der Waals surface area contributed by atoms with Gasteiger partial charge in [-0.2, -0.15) is 0 Å². The molecule has 0 spiro atoms. The van der Waals surface area contributed by atoms with Crippen molar-refractivity contribution in [2.24, 2.45) is 0 Å². The topological polar surface area (TPSA) is 88.8 Å². The fourth-order valence-corrected chi connectivity index (χ4v) is 4.55. The van der Waals surface area contributed by atoms with Gasteiger partial charge in [-0.3, -0.25) is 0 Å². The molecular weight excluding hydrogens is 497 g/mol. The zero-order valence-electron chi connectivity index (χ0n) is 14.9. The lowest BCUT2D eigenvalue weighted by Crippen LogP contribution is -2.29. The molecule has 0 saturated heterocycles. The van der Waals surface area contributed by atoms with E-state index in [9.17, 15) is 13.5 Å². The molecule has 1 aromatic heterocycles. The van der Waals surface area contributed by atoms with Crippen LogP contribution >= 0.6 is 39.1 Å². The molecule has 1 heterocycles. The van der Waals surface area contributed by atoms with Crippen molar-refractivity contribution in [3.63, 3.8) is 0 Å². The van der Waals surface area contributed by atoms with Crippen molar-refractivity contribution in [3.8, 4) is 22.8 Å². The number of rotatable bonds is 8. The minimum Gasteiger partial charge on any atom is -0.539 e. The van der Waals surface area contributed by atoms with Crippen LogP contribution in [-0.4, -0.2) is 28.4 Å². The summed E-state index contributed by atoms with van der Waals surface area (Å²) in [6, 6.07) is 4.98. The molecule has 27 heavy (non-hydrogen) atoms. The van der Waals surface area contributed by atoms with Gasteiger partial charge in [0.1, 0.15) is 0 Å². The highest BCUT2D eigenvalue weighted by atomic mass is 79.9. The minimum atomic E-state index is -2.69. The second kappa shape index (κ2) is 9.19. The van der Waals surface area contributed by atoms with E-state index in [4.69, 9.17) is 32.0 Å². The van der Waals surface area contributed by atoms with Gasteiger partial charge in [-0.15, -0.1) is 0 Å². The average molecular weight is 517 g/mol. The number of alkyl halides is 1. The van der Waals surface area contributed by atoms with Gasteiger partial charge in [0.2, 0.25) is 25.0 Å². The first-order valence-corrected chi connectivity index (χ1v) is 14.3. The van der Waals surface area contributed by atoms with Gasteiger partial charge in [-0.25, -0.2) is 13.1 Å². The summed E-state index contributed by atoms with van der Waals surface area (Å²) in [5.41, 5.74) is 0.366. The number of hydrogen-bond donors (Lipinski definition) is 3. The van der Waals surface area contributed by atoms with Crippen LogP contribution in [0.25, 0.3) is 11.3 Å². The first kappa shape index (κ1) is 22.6. The number of hydrogen-bond acceptors (Lipinski definition) is 5. The number of benzene rings is 1. The highest BCUT2D eigenvalue weighted by molar-refractivity contribution is 9.09. The second-order valence-electron chi connectivity index (χ2n) is 6.71. The van der Waals surface area contributed by atoms with E-state index in [2.05, 4.69) is 20.7 Å². The monoisotopic (exact) mass is 515 g/mol. The smallest absolute Gasteiger partial charge is 0.242 e. The summed E-state index contributed by atoms with van der Waals surface area (Å²) in [5, 5.41) is 11.4. The van der Waals surface area contributed by atoms with Crippen LogP contribution < -0.4 is 9.15 Å².